The second-order valence-corrected chi connectivity index (χ2v) is 6.47. The number of hydrogen-bond donors (Lipinski definition) is 3. The third-order valence-electron chi connectivity index (χ3n) is 4.54. The van der Waals surface area contributed by atoms with E-state index in [1.165, 1.54) is 5.56 Å². The Morgan fingerprint density at radius 1 is 1.21 bits per heavy atom. The molecule has 2 atom stereocenters. The van der Waals surface area contributed by atoms with Gasteiger partial charge < -0.3 is 21.1 Å². The van der Waals surface area contributed by atoms with Crippen LogP contribution in [0.1, 0.15) is 52.1 Å². The van der Waals surface area contributed by atoms with E-state index in [1.54, 1.807) is 7.11 Å². The van der Waals surface area contributed by atoms with Gasteiger partial charge in [0.15, 0.2) is 5.96 Å². The number of aliphatic imine (C=N–C) groups is 1. The lowest BCUT2D eigenvalue weighted by atomic mass is 9.91. The Morgan fingerprint density at radius 2 is 1.83 bits per heavy atom. The molecule has 5 heteroatoms. The number of guanidine groups is 1. The first-order chi connectivity index (χ1) is 11.5. The van der Waals surface area contributed by atoms with Gasteiger partial charge in [-0.3, -0.25) is 4.99 Å². The second kappa shape index (κ2) is 10.3. The Labute approximate surface area is 147 Å². The molecule has 0 saturated heterocycles. The van der Waals surface area contributed by atoms with E-state index in [1.807, 2.05) is 13.0 Å². The van der Waals surface area contributed by atoms with E-state index in [0.717, 1.165) is 12.8 Å². The molecule has 0 spiro atoms. The number of benzene rings is 1. The Morgan fingerprint density at radius 3 is 2.38 bits per heavy atom. The van der Waals surface area contributed by atoms with E-state index in [0.29, 0.717) is 19.1 Å². The summed E-state index contributed by atoms with van der Waals surface area (Å²) in [7, 11) is 1.68. The summed E-state index contributed by atoms with van der Waals surface area (Å²) in [5.41, 5.74) is 7.24. The van der Waals surface area contributed by atoms with Crippen molar-refractivity contribution in [2.24, 2.45) is 10.7 Å². The summed E-state index contributed by atoms with van der Waals surface area (Å²) in [6, 6.07) is 10.9. The molecule has 0 amide bonds. The van der Waals surface area contributed by atoms with Crippen molar-refractivity contribution in [3.8, 4) is 0 Å². The van der Waals surface area contributed by atoms with E-state index in [4.69, 9.17) is 10.5 Å². The average Bonchev–Trinajstić information content (AvgIpc) is 2.59. The maximum atomic E-state index is 6.02. The molecule has 136 valence electrons. The first kappa shape index (κ1) is 20.5. The predicted molar refractivity (Wildman–Crippen MR) is 102 cm³/mol. The van der Waals surface area contributed by atoms with E-state index >= 15 is 0 Å². The van der Waals surface area contributed by atoms with Crippen molar-refractivity contribution < 1.29 is 4.74 Å². The zero-order chi connectivity index (χ0) is 18.0. The Kier molecular flexibility index (Phi) is 8.79. The monoisotopic (exact) mass is 334 g/mol. The van der Waals surface area contributed by atoms with Crippen LogP contribution in [-0.2, 0) is 4.74 Å². The Hall–Kier alpha value is -1.59. The van der Waals surface area contributed by atoms with Crippen LogP contribution in [0.5, 0.6) is 0 Å². The van der Waals surface area contributed by atoms with Crippen LogP contribution in [0.4, 0.5) is 0 Å². The van der Waals surface area contributed by atoms with Crippen molar-refractivity contribution in [1.29, 1.82) is 0 Å². The van der Waals surface area contributed by atoms with Gasteiger partial charge in [0.25, 0.3) is 0 Å². The summed E-state index contributed by atoms with van der Waals surface area (Å²) in [4.78, 5) is 4.57. The van der Waals surface area contributed by atoms with Crippen LogP contribution >= 0.6 is 0 Å². The predicted octanol–water partition coefficient (Wildman–Crippen LogP) is 2.84. The highest BCUT2D eigenvalue weighted by molar-refractivity contribution is 5.78. The molecule has 4 N–H and O–H groups in total. The maximum absolute atomic E-state index is 6.02. The molecule has 2 unspecified atom stereocenters. The fraction of sp³-hybridized carbons (Fsp3) is 0.632. The number of nitrogens with one attached hydrogen (secondary N) is 2. The lowest BCUT2D eigenvalue weighted by molar-refractivity contribution is 0.179. The van der Waals surface area contributed by atoms with Crippen molar-refractivity contribution in [2.45, 2.75) is 58.2 Å². The van der Waals surface area contributed by atoms with Crippen LogP contribution in [0.15, 0.2) is 35.3 Å². The quantitative estimate of drug-likeness (QED) is 0.454. The first-order valence-electron chi connectivity index (χ1n) is 8.84. The molecule has 0 aliphatic rings. The van der Waals surface area contributed by atoms with Gasteiger partial charge in [0, 0.05) is 24.7 Å². The minimum Gasteiger partial charge on any atom is -0.383 e. The molecule has 1 aromatic carbocycles. The summed E-state index contributed by atoms with van der Waals surface area (Å²) in [6.07, 6.45) is 1.98. The van der Waals surface area contributed by atoms with Crippen LogP contribution in [-0.4, -0.2) is 37.8 Å². The molecule has 1 aromatic rings. The summed E-state index contributed by atoms with van der Waals surface area (Å²) < 4.78 is 5.11. The number of hydrogen-bond acceptors (Lipinski definition) is 3. The van der Waals surface area contributed by atoms with Gasteiger partial charge in [-0.25, -0.2) is 0 Å². The summed E-state index contributed by atoms with van der Waals surface area (Å²) in [6.45, 7) is 9.86. The maximum Gasteiger partial charge on any atom is 0.188 e. The van der Waals surface area contributed by atoms with Gasteiger partial charge in [0.05, 0.1) is 13.2 Å². The first-order valence-corrected chi connectivity index (χ1v) is 8.84. The third kappa shape index (κ3) is 6.49. The van der Waals surface area contributed by atoms with Crippen molar-refractivity contribution in [3.05, 3.63) is 35.9 Å². The van der Waals surface area contributed by atoms with Gasteiger partial charge in [-0.05, 0) is 32.3 Å². The van der Waals surface area contributed by atoms with Gasteiger partial charge >= 0.3 is 0 Å². The largest absolute Gasteiger partial charge is 0.383 e. The van der Waals surface area contributed by atoms with Crippen LogP contribution in [0, 0.1) is 0 Å². The lowest BCUT2D eigenvalue weighted by Gasteiger charge is -2.35. The van der Waals surface area contributed by atoms with Gasteiger partial charge in [0.2, 0.25) is 0 Å². The van der Waals surface area contributed by atoms with Gasteiger partial charge in [-0.1, -0.05) is 44.2 Å². The van der Waals surface area contributed by atoms with E-state index in [9.17, 15) is 0 Å². The summed E-state index contributed by atoms with van der Waals surface area (Å²) >= 11 is 0. The molecule has 0 aromatic heterocycles. The molecule has 0 bridgehead atoms. The Bertz CT molecular complexity index is 485. The number of nitrogens with zero attached hydrogens (tertiary/aromatic N) is 1. The molecule has 0 fully saturated rings. The summed E-state index contributed by atoms with van der Waals surface area (Å²) in [5, 5.41) is 6.93. The van der Waals surface area contributed by atoms with Crippen molar-refractivity contribution in [2.75, 3.05) is 20.3 Å². The van der Waals surface area contributed by atoms with Crippen LogP contribution in [0.25, 0.3) is 0 Å². The normalized spacial score (nSPS) is 15.1. The SMILES string of the molecule is CCC(CC)(CN=C(N)NC(C)COC)NC(C)c1ccccc1. The molecule has 0 heterocycles. The number of ether oxygens (including phenoxy) is 1. The van der Waals surface area contributed by atoms with Gasteiger partial charge in [0.1, 0.15) is 0 Å². The molecule has 5 nitrogen and oxygen atoms in total. The third-order valence-corrected chi connectivity index (χ3v) is 4.54. The van der Waals surface area contributed by atoms with E-state index in [-0.39, 0.29) is 17.6 Å². The average molecular weight is 335 g/mol. The molecule has 0 aliphatic carbocycles. The van der Waals surface area contributed by atoms with Crippen LogP contribution < -0.4 is 16.4 Å². The lowest BCUT2D eigenvalue weighted by Crippen LogP contribution is -2.49. The molecular weight excluding hydrogens is 300 g/mol. The molecule has 0 aliphatic heterocycles. The molecule has 1 rings (SSSR count). The summed E-state index contributed by atoms with van der Waals surface area (Å²) in [5.74, 6) is 0.472. The second-order valence-electron chi connectivity index (χ2n) is 6.47. The fourth-order valence-corrected chi connectivity index (χ4v) is 2.83. The van der Waals surface area contributed by atoms with Crippen molar-refractivity contribution in [1.82, 2.24) is 10.6 Å². The van der Waals surface area contributed by atoms with Crippen molar-refractivity contribution in [3.63, 3.8) is 0 Å². The molecule has 0 radical (unpaired) electrons. The topological polar surface area (TPSA) is 71.7 Å². The number of methoxy groups -OCH3 is 1. The van der Waals surface area contributed by atoms with Crippen LogP contribution in [0.2, 0.25) is 0 Å². The van der Waals surface area contributed by atoms with E-state index in [2.05, 4.69) is 60.7 Å². The number of rotatable bonds is 10. The minimum atomic E-state index is -0.0634. The van der Waals surface area contributed by atoms with Crippen molar-refractivity contribution >= 4 is 5.96 Å². The molecular formula is C19H34N4O. The molecule has 0 saturated carbocycles. The van der Waals surface area contributed by atoms with Crippen LogP contribution in [0.3, 0.4) is 0 Å². The number of nitrogens with two attached hydrogens (primary N) is 1. The fourth-order valence-electron chi connectivity index (χ4n) is 2.83. The van der Waals surface area contributed by atoms with Gasteiger partial charge in [-0.2, -0.15) is 0 Å². The van der Waals surface area contributed by atoms with Gasteiger partial charge in [-0.15, -0.1) is 0 Å². The minimum absolute atomic E-state index is 0.0634. The smallest absolute Gasteiger partial charge is 0.188 e. The highest BCUT2D eigenvalue weighted by Crippen LogP contribution is 2.22. The highest BCUT2D eigenvalue weighted by Gasteiger charge is 2.28. The molecule has 24 heavy (non-hydrogen) atoms. The standard InChI is InChI=1S/C19H34N4O/c1-6-19(7-2,14-21-18(20)22-15(3)13-24-5)23-16(4)17-11-9-8-10-12-17/h8-12,15-16,23H,6-7,13-14H2,1-5H3,(H3,20,21,22). The van der Waals surface area contributed by atoms with E-state index < -0.39 is 0 Å². The zero-order valence-electron chi connectivity index (χ0n) is 15.8. The zero-order valence-corrected chi connectivity index (χ0v) is 15.8. The highest BCUT2D eigenvalue weighted by atomic mass is 16.5. The Balaban J connectivity index is 2.73.